The van der Waals surface area contributed by atoms with Crippen LogP contribution in [0.4, 0.5) is 4.79 Å². The van der Waals surface area contributed by atoms with Gasteiger partial charge in [-0.25, -0.2) is 4.79 Å². The van der Waals surface area contributed by atoms with E-state index in [9.17, 15) is 14.7 Å². The molecule has 20 heavy (non-hydrogen) atoms. The zero-order valence-corrected chi connectivity index (χ0v) is 12.9. The SMILES string of the molecule is CCC(C)(C)N(C)C(=O)NCC1(C(=O)O)CCOCC1. The number of nitrogens with zero attached hydrogens (tertiary/aromatic N) is 1. The first kappa shape index (κ1) is 16.8. The van der Waals surface area contributed by atoms with Crippen molar-refractivity contribution >= 4 is 12.0 Å². The van der Waals surface area contributed by atoms with E-state index in [1.807, 2.05) is 20.8 Å². The highest BCUT2D eigenvalue weighted by Gasteiger charge is 2.41. The lowest BCUT2D eigenvalue weighted by Crippen LogP contribution is -2.53. The molecular weight excluding hydrogens is 260 g/mol. The van der Waals surface area contributed by atoms with Crippen LogP contribution in [0.5, 0.6) is 0 Å². The van der Waals surface area contributed by atoms with E-state index >= 15 is 0 Å². The molecule has 116 valence electrons. The van der Waals surface area contributed by atoms with Crippen LogP contribution in [0, 0.1) is 5.41 Å². The molecule has 0 unspecified atom stereocenters. The number of ether oxygens (including phenoxy) is 1. The second-order valence-electron chi connectivity index (χ2n) is 6.08. The van der Waals surface area contributed by atoms with Crippen LogP contribution < -0.4 is 5.32 Å². The molecule has 1 rings (SSSR count). The molecule has 2 N–H and O–H groups in total. The summed E-state index contributed by atoms with van der Waals surface area (Å²) >= 11 is 0. The van der Waals surface area contributed by atoms with E-state index in [2.05, 4.69) is 5.32 Å². The molecule has 6 heteroatoms. The van der Waals surface area contributed by atoms with Crippen molar-refractivity contribution in [1.29, 1.82) is 0 Å². The molecule has 1 fully saturated rings. The average Bonchev–Trinajstić information content (AvgIpc) is 2.44. The van der Waals surface area contributed by atoms with Gasteiger partial charge in [-0.2, -0.15) is 0 Å². The van der Waals surface area contributed by atoms with Gasteiger partial charge in [-0.15, -0.1) is 0 Å². The van der Waals surface area contributed by atoms with Gasteiger partial charge in [0.1, 0.15) is 0 Å². The van der Waals surface area contributed by atoms with Gasteiger partial charge in [0.05, 0.1) is 5.41 Å². The Kier molecular flexibility index (Phi) is 5.39. The van der Waals surface area contributed by atoms with Crippen LogP contribution in [0.3, 0.4) is 0 Å². The van der Waals surface area contributed by atoms with Gasteiger partial charge >= 0.3 is 12.0 Å². The van der Waals surface area contributed by atoms with Crippen molar-refractivity contribution in [3.05, 3.63) is 0 Å². The molecular formula is C14H26N2O4. The monoisotopic (exact) mass is 286 g/mol. The zero-order valence-electron chi connectivity index (χ0n) is 12.9. The second-order valence-corrected chi connectivity index (χ2v) is 6.08. The van der Waals surface area contributed by atoms with Gasteiger partial charge in [-0.1, -0.05) is 6.92 Å². The number of hydrogen-bond donors (Lipinski definition) is 2. The van der Waals surface area contributed by atoms with Crippen LogP contribution in [0.15, 0.2) is 0 Å². The molecule has 0 saturated carbocycles. The van der Waals surface area contributed by atoms with Crippen LogP contribution in [-0.4, -0.2) is 54.4 Å². The summed E-state index contributed by atoms with van der Waals surface area (Å²) in [6.07, 6.45) is 1.70. The minimum absolute atomic E-state index is 0.147. The third-order valence-corrected chi connectivity index (χ3v) is 4.56. The molecule has 0 aromatic rings. The lowest BCUT2D eigenvalue weighted by atomic mass is 9.80. The zero-order chi connectivity index (χ0) is 15.4. The van der Waals surface area contributed by atoms with E-state index in [0.29, 0.717) is 26.1 Å². The molecule has 1 heterocycles. The molecule has 0 aliphatic carbocycles. The minimum Gasteiger partial charge on any atom is -0.481 e. The number of carboxylic acids is 1. The first-order valence-electron chi connectivity index (χ1n) is 7.08. The predicted octanol–water partition coefficient (Wildman–Crippen LogP) is 1.70. The molecule has 0 aromatic carbocycles. The summed E-state index contributed by atoms with van der Waals surface area (Å²) in [5, 5.41) is 12.2. The highest BCUT2D eigenvalue weighted by atomic mass is 16.5. The first-order valence-corrected chi connectivity index (χ1v) is 7.08. The Hall–Kier alpha value is -1.30. The maximum atomic E-state index is 12.1. The molecule has 0 bridgehead atoms. The lowest BCUT2D eigenvalue weighted by molar-refractivity contribution is -0.154. The normalized spacial score (nSPS) is 18.4. The van der Waals surface area contributed by atoms with E-state index in [4.69, 9.17) is 4.74 Å². The number of rotatable bonds is 5. The summed E-state index contributed by atoms with van der Waals surface area (Å²) in [6, 6.07) is -0.232. The van der Waals surface area contributed by atoms with E-state index < -0.39 is 11.4 Å². The number of aliphatic carboxylic acids is 1. The maximum Gasteiger partial charge on any atom is 0.317 e. The fraction of sp³-hybridized carbons (Fsp3) is 0.857. The molecule has 6 nitrogen and oxygen atoms in total. The average molecular weight is 286 g/mol. The lowest BCUT2D eigenvalue weighted by Gasteiger charge is -2.37. The Bertz CT molecular complexity index is 362. The summed E-state index contributed by atoms with van der Waals surface area (Å²) in [6.45, 7) is 6.98. The molecule has 1 aliphatic rings. The van der Waals surface area contributed by atoms with Gasteiger partial charge in [0.25, 0.3) is 0 Å². The molecule has 0 spiro atoms. The number of nitrogens with one attached hydrogen (secondary N) is 1. The van der Waals surface area contributed by atoms with Gasteiger partial charge in [0.2, 0.25) is 0 Å². The maximum absolute atomic E-state index is 12.1. The van der Waals surface area contributed by atoms with Crippen molar-refractivity contribution in [2.24, 2.45) is 5.41 Å². The topological polar surface area (TPSA) is 78.9 Å². The van der Waals surface area contributed by atoms with Gasteiger partial charge in [0, 0.05) is 32.3 Å². The number of urea groups is 1. The number of hydrogen-bond acceptors (Lipinski definition) is 3. The highest BCUT2D eigenvalue weighted by molar-refractivity contribution is 5.78. The van der Waals surface area contributed by atoms with Crippen LogP contribution in [0.1, 0.15) is 40.0 Å². The van der Waals surface area contributed by atoms with Gasteiger partial charge in [-0.05, 0) is 33.1 Å². The van der Waals surface area contributed by atoms with E-state index in [1.165, 1.54) is 0 Å². The number of carbonyl (C=O) groups excluding carboxylic acids is 1. The fourth-order valence-electron chi connectivity index (χ4n) is 2.10. The fourth-order valence-corrected chi connectivity index (χ4v) is 2.10. The van der Waals surface area contributed by atoms with E-state index in [-0.39, 0.29) is 18.1 Å². The summed E-state index contributed by atoms with van der Waals surface area (Å²) in [5.41, 5.74) is -1.15. The third-order valence-electron chi connectivity index (χ3n) is 4.56. The van der Waals surface area contributed by atoms with Gasteiger partial charge < -0.3 is 20.1 Å². The van der Waals surface area contributed by atoms with E-state index in [1.54, 1.807) is 11.9 Å². The van der Waals surface area contributed by atoms with Crippen molar-refractivity contribution < 1.29 is 19.4 Å². The quantitative estimate of drug-likeness (QED) is 0.806. The number of carbonyl (C=O) groups is 2. The summed E-state index contributed by atoms with van der Waals surface area (Å²) in [4.78, 5) is 25.3. The van der Waals surface area contributed by atoms with Crippen molar-refractivity contribution in [1.82, 2.24) is 10.2 Å². The van der Waals surface area contributed by atoms with Crippen LogP contribution >= 0.6 is 0 Å². The standard InChI is InChI=1S/C14H26N2O4/c1-5-13(2,3)16(4)12(19)15-10-14(11(17)18)6-8-20-9-7-14/h5-10H2,1-4H3,(H,15,19)(H,17,18). The molecule has 1 aliphatic heterocycles. The molecule has 0 aromatic heterocycles. The molecule has 0 atom stereocenters. The smallest absolute Gasteiger partial charge is 0.317 e. The Morgan fingerprint density at radius 2 is 1.90 bits per heavy atom. The highest BCUT2D eigenvalue weighted by Crippen LogP contribution is 2.30. The Balaban J connectivity index is 2.64. The van der Waals surface area contributed by atoms with Gasteiger partial charge in [0.15, 0.2) is 0 Å². The summed E-state index contributed by atoms with van der Waals surface area (Å²) < 4.78 is 5.21. The van der Waals surface area contributed by atoms with E-state index in [0.717, 1.165) is 6.42 Å². The number of carboxylic acid groups (broad SMARTS) is 1. The van der Waals surface area contributed by atoms with Crippen molar-refractivity contribution in [2.45, 2.75) is 45.6 Å². The van der Waals surface area contributed by atoms with Crippen molar-refractivity contribution in [2.75, 3.05) is 26.8 Å². The number of amides is 2. The Labute approximate surface area is 120 Å². The largest absolute Gasteiger partial charge is 0.481 e. The first-order chi connectivity index (χ1) is 9.25. The van der Waals surface area contributed by atoms with Crippen LogP contribution in [0.25, 0.3) is 0 Å². The summed E-state index contributed by atoms with van der Waals surface area (Å²) in [5.74, 6) is -0.862. The third kappa shape index (κ3) is 3.62. The molecule has 0 radical (unpaired) electrons. The van der Waals surface area contributed by atoms with Gasteiger partial charge in [-0.3, -0.25) is 4.79 Å². The summed E-state index contributed by atoms with van der Waals surface area (Å²) in [7, 11) is 1.73. The molecule has 1 saturated heterocycles. The molecule has 2 amide bonds. The predicted molar refractivity (Wildman–Crippen MR) is 75.7 cm³/mol. The minimum atomic E-state index is -0.898. The van der Waals surface area contributed by atoms with Crippen molar-refractivity contribution in [3.63, 3.8) is 0 Å². The Morgan fingerprint density at radius 3 is 2.35 bits per heavy atom. The van der Waals surface area contributed by atoms with Crippen LogP contribution in [-0.2, 0) is 9.53 Å². The Morgan fingerprint density at radius 1 is 1.35 bits per heavy atom. The van der Waals surface area contributed by atoms with Crippen LogP contribution in [0.2, 0.25) is 0 Å². The van der Waals surface area contributed by atoms with Crippen molar-refractivity contribution in [3.8, 4) is 0 Å². The second kappa shape index (κ2) is 6.43.